The Kier molecular flexibility index (Phi) is 13.5. The average Bonchev–Trinajstić information content (AvgIpc) is 3.29. The number of thiophene rings is 1. The van der Waals surface area contributed by atoms with Gasteiger partial charge < -0.3 is 19.3 Å². The van der Waals surface area contributed by atoms with E-state index in [0.29, 0.717) is 49.9 Å². The lowest BCUT2D eigenvalue weighted by molar-refractivity contribution is -0.141. The van der Waals surface area contributed by atoms with Gasteiger partial charge >= 0.3 is 0 Å². The van der Waals surface area contributed by atoms with Crippen molar-refractivity contribution in [2.75, 3.05) is 33.9 Å². The van der Waals surface area contributed by atoms with Gasteiger partial charge in [0, 0.05) is 24.4 Å². The summed E-state index contributed by atoms with van der Waals surface area (Å²) >= 11 is 1.67. The number of nitrogens with zero attached hydrogens (tertiary/aromatic N) is 2. The summed E-state index contributed by atoms with van der Waals surface area (Å²) in [6, 6.07) is 7.95. The molecule has 0 saturated carbocycles. The Morgan fingerprint density at radius 3 is 2.30 bits per heavy atom. The molecule has 2 amide bonds. The second kappa shape index (κ2) is 16.3. The summed E-state index contributed by atoms with van der Waals surface area (Å²) in [6.45, 7) is 10.3. The third kappa shape index (κ3) is 10.4. The van der Waals surface area contributed by atoms with E-state index in [1.807, 2.05) is 23.1 Å². The molecule has 0 unspecified atom stereocenters. The maximum Gasteiger partial charge on any atom is 0.242 e. The molecule has 0 saturated heterocycles. The summed E-state index contributed by atoms with van der Waals surface area (Å²) in [6.07, 6.45) is 6.71. The van der Waals surface area contributed by atoms with E-state index in [-0.39, 0.29) is 18.4 Å². The molecule has 0 N–H and O–H groups in total. The van der Waals surface area contributed by atoms with Crippen LogP contribution in [0.15, 0.2) is 29.6 Å². The molecular weight excluding hydrogens is 484 g/mol. The first-order chi connectivity index (χ1) is 17.8. The normalized spacial score (nSPS) is 11.0. The topological polar surface area (TPSA) is 59.1 Å². The van der Waals surface area contributed by atoms with Gasteiger partial charge in [-0.2, -0.15) is 0 Å². The number of unbranched alkanes of at least 4 members (excludes halogenated alkanes) is 4. The molecular formula is C30H46N2O4S. The molecule has 1 aromatic carbocycles. The van der Waals surface area contributed by atoms with Gasteiger partial charge in [0.15, 0.2) is 11.5 Å². The van der Waals surface area contributed by atoms with Gasteiger partial charge in [0.2, 0.25) is 11.8 Å². The fourth-order valence-electron chi connectivity index (χ4n) is 4.33. The zero-order valence-corrected chi connectivity index (χ0v) is 24.5. The van der Waals surface area contributed by atoms with Crippen LogP contribution in [0.4, 0.5) is 0 Å². The number of benzene rings is 1. The third-order valence-corrected chi connectivity index (χ3v) is 7.54. The van der Waals surface area contributed by atoms with Crippen LogP contribution in [0, 0.1) is 12.8 Å². The summed E-state index contributed by atoms with van der Waals surface area (Å²) < 4.78 is 10.8. The predicted molar refractivity (Wildman–Crippen MR) is 153 cm³/mol. The van der Waals surface area contributed by atoms with Crippen LogP contribution in [0.1, 0.15) is 75.3 Å². The van der Waals surface area contributed by atoms with Crippen LogP contribution in [-0.2, 0) is 22.6 Å². The number of ether oxygens (including phenoxy) is 2. The Bertz CT molecular complexity index is 972. The van der Waals surface area contributed by atoms with Crippen molar-refractivity contribution in [3.8, 4) is 11.5 Å². The lowest BCUT2D eigenvalue weighted by atomic mass is 10.1. The van der Waals surface area contributed by atoms with E-state index in [2.05, 4.69) is 39.1 Å². The zero-order valence-electron chi connectivity index (χ0n) is 23.7. The molecule has 0 fully saturated rings. The molecule has 0 bridgehead atoms. The molecule has 0 radical (unpaired) electrons. The minimum atomic E-state index is -0.00624. The molecule has 0 aliphatic rings. The lowest BCUT2D eigenvalue weighted by Crippen LogP contribution is -2.44. The van der Waals surface area contributed by atoms with Crippen molar-refractivity contribution in [2.24, 2.45) is 5.92 Å². The van der Waals surface area contributed by atoms with Gasteiger partial charge in [-0.05, 0) is 60.4 Å². The standard InChI is InChI=1S/C30H46N2O4S/c1-7-8-9-10-11-12-29(33)32(20-23(2)3)22-30(34)31(21-28-24(4)16-18-37-28)17-15-25-13-14-26(35-5)27(19-25)36-6/h13-14,16,18-19,23H,7-12,15,17,20-22H2,1-6H3. The first-order valence-corrected chi connectivity index (χ1v) is 14.5. The van der Waals surface area contributed by atoms with Crippen LogP contribution in [0.3, 0.4) is 0 Å². The second-order valence-corrected chi connectivity index (χ2v) is 11.1. The molecule has 0 aliphatic carbocycles. The number of rotatable bonds is 17. The number of methoxy groups -OCH3 is 2. The number of amides is 2. The van der Waals surface area contributed by atoms with Gasteiger partial charge in [-0.15, -0.1) is 11.3 Å². The quantitative estimate of drug-likeness (QED) is 0.219. The number of hydrogen-bond acceptors (Lipinski definition) is 5. The summed E-state index contributed by atoms with van der Waals surface area (Å²) in [5, 5.41) is 2.06. The molecule has 1 aromatic heterocycles. The number of hydrogen-bond donors (Lipinski definition) is 0. The second-order valence-electron chi connectivity index (χ2n) is 10.1. The highest BCUT2D eigenvalue weighted by atomic mass is 32.1. The smallest absolute Gasteiger partial charge is 0.242 e. The molecule has 37 heavy (non-hydrogen) atoms. The van der Waals surface area contributed by atoms with Gasteiger partial charge in [-0.1, -0.05) is 52.5 Å². The van der Waals surface area contributed by atoms with E-state index >= 15 is 0 Å². The van der Waals surface area contributed by atoms with E-state index in [9.17, 15) is 9.59 Å². The van der Waals surface area contributed by atoms with Crippen LogP contribution in [0.5, 0.6) is 11.5 Å². The highest BCUT2D eigenvalue weighted by molar-refractivity contribution is 7.10. The fraction of sp³-hybridized carbons (Fsp3) is 0.600. The van der Waals surface area contributed by atoms with E-state index in [1.54, 1.807) is 30.5 Å². The molecule has 1 heterocycles. The Morgan fingerprint density at radius 2 is 1.68 bits per heavy atom. The summed E-state index contributed by atoms with van der Waals surface area (Å²) in [5.41, 5.74) is 2.26. The van der Waals surface area contributed by atoms with Gasteiger partial charge in [0.05, 0.1) is 27.3 Å². The zero-order chi connectivity index (χ0) is 27.2. The maximum absolute atomic E-state index is 13.6. The van der Waals surface area contributed by atoms with Crippen molar-refractivity contribution >= 4 is 23.2 Å². The van der Waals surface area contributed by atoms with Crippen molar-refractivity contribution in [2.45, 2.75) is 79.2 Å². The highest BCUT2D eigenvalue weighted by Gasteiger charge is 2.23. The van der Waals surface area contributed by atoms with E-state index in [0.717, 1.165) is 24.8 Å². The first kappa shape index (κ1) is 30.7. The molecule has 0 spiro atoms. The van der Waals surface area contributed by atoms with Crippen molar-refractivity contribution in [3.05, 3.63) is 45.6 Å². The van der Waals surface area contributed by atoms with E-state index < -0.39 is 0 Å². The molecule has 2 aromatic rings. The Labute approximate surface area is 227 Å². The molecule has 6 nitrogen and oxygen atoms in total. The van der Waals surface area contributed by atoms with E-state index in [4.69, 9.17) is 9.47 Å². The summed E-state index contributed by atoms with van der Waals surface area (Å²) in [5.74, 6) is 1.75. The Morgan fingerprint density at radius 1 is 0.946 bits per heavy atom. The maximum atomic E-state index is 13.6. The predicted octanol–water partition coefficient (Wildman–Crippen LogP) is 6.49. The van der Waals surface area contributed by atoms with Crippen LogP contribution in [0.25, 0.3) is 0 Å². The minimum Gasteiger partial charge on any atom is -0.493 e. The number of carbonyl (C=O) groups is 2. The van der Waals surface area contributed by atoms with Gasteiger partial charge in [0.1, 0.15) is 0 Å². The van der Waals surface area contributed by atoms with Crippen molar-refractivity contribution in [1.29, 1.82) is 0 Å². The monoisotopic (exact) mass is 530 g/mol. The molecule has 0 atom stereocenters. The SMILES string of the molecule is CCCCCCCC(=O)N(CC(=O)N(CCc1ccc(OC)c(OC)c1)Cc1sccc1C)CC(C)C. The molecule has 206 valence electrons. The summed E-state index contributed by atoms with van der Waals surface area (Å²) in [4.78, 5) is 31.6. The molecule has 0 aliphatic heterocycles. The highest BCUT2D eigenvalue weighted by Crippen LogP contribution is 2.28. The van der Waals surface area contributed by atoms with E-state index in [1.165, 1.54) is 23.3 Å². The van der Waals surface area contributed by atoms with Crippen molar-refractivity contribution in [3.63, 3.8) is 0 Å². The lowest BCUT2D eigenvalue weighted by Gasteiger charge is -2.29. The number of carbonyl (C=O) groups excluding carboxylic acids is 2. The Balaban J connectivity index is 2.13. The van der Waals surface area contributed by atoms with Crippen LogP contribution < -0.4 is 9.47 Å². The van der Waals surface area contributed by atoms with Crippen LogP contribution in [-0.4, -0.2) is 55.5 Å². The molecule has 2 rings (SSSR count). The van der Waals surface area contributed by atoms with Crippen LogP contribution in [0.2, 0.25) is 0 Å². The van der Waals surface area contributed by atoms with Crippen LogP contribution >= 0.6 is 11.3 Å². The number of aryl methyl sites for hydroxylation is 1. The van der Waals surface area contributed by atoms with Gasteiger partial charge in [-0.3, -0.25) is 9.59 Å². The largest absolute Gasteiger partial charge is 0.493 e. The summed E-state index contributed by atoms with van der Waals surface area (Å²) in [7, 11) is 3.25. The fourth-order valence-corrected chi connectivity index (χ4v) is 5.25. The Hall–Kier alpha value is -2.54. The minimum absolute atomic E-state index is 0.00624. The van der Waals surface area contributed by atoms with Gasteiger partial charge in [0.25, 0.3) is 0 Å². The van der Waals surface area contributed by atoms with Gasteiger partial charge in [-0.25, -0.2) is 0 Å². The average molecular weight is 531 g/mol. The van der Waals surface area contributed by atoms with Crippen molar-refractivity contribution < 1.29 is 19.1 Å². The van der Waals surface area contributed by atoms with Crippen molar-refractivity contribution in [1.82, 2.24) is 9.80 Å². The molecule has 7 heteroatoms. The first-order valence-electron chi connectivity index (χ1n) is 13.6. The third-order valence-electron chi connectivity index (χ3n) is 6.53.